The number of fused-ring (bicyclic) bond motifs is 1. The van der Waals surface area contributed by atoms with Crippen molar-refractivity contribution in [2.45, 2.75) is 0 Å². The first-order valence-electron chi connectivity index (χ1n) is 6.81. The van der Waals surface area contributed by atoms with Crippen molar-refractivity contribution in [1.82, 2.24) is 9.97 Å². The minimum absolute atomic E-state index is 0.192. The van der Waals surface area contributed by atoms with Crippen LogP contribution < -0.4 is 10.1 Å². The lowest BCUT2D eigenvalue weighted by Crippen LogP contribution is -2.20. The topological polar surface area (TPSA) is 64.1 Å². The third-order valence-electron chi connectivity index (χ3n) is 3.09. The third kappa shape index (κ3) is 4.06. The number of rotatable bonds is 4. The summed E-state index contributed by atoms with van der Waals surface area (Å²) in [6.07, 6.45) is 1.33. The standard InChI is InChI=1S/C16H10Cl2IN3O2/c17-9-5-12-15(13(18)6-9)20-8-21-16(12)24-7-14(23)22-11-3-1-10(19)2-4-11/h1-6,8H,7H2,(H,22,23). The highest BCUT2D eigenvalue weighted by atomic mass is 127. The quantitative estimate of drug-likeness (QED) is 0.564. The van der Waals surface area contributed by atoms with Crippen molar-refractivity contribution in [3.63, 3.8) is 0 Å². The lowest BCUT2D eigenvalue weighted by atomic mass is 10.2. The van der Waals surface area contributed by atoms with Gasteiger partial charge in [0, 0.05) is 14.3 Å². The van der Waals surface area contributed by atoms with Gasteiger partial charge in [0.2, 0.25) is 5.88 Å². The fraction of sp³-hybridized carbons (Fsp3) is 0.0625. The number of benzene rings is 2. The summed E-state index contributed by atoms with van der Waals surface area (Å²) in [6, 6.07) is 10.7. The van der Waals surface area contributed by atoms with Crippen LogP contribution in [0.5, 0.6) is 5.88 Å². The number of anilines is 1. The minimum Gasteiger partial charge on any atom is -0.467 e. The van der Waals surface area contributed by atoms with Crippen LogP contribution in [0.1, 0.15) is 0 Å². The highest BCUT2D eigenvalue weighted by Gasteiger charge is 2.11. The van der Waals surface area contributed by atoms with Gasteiger partial charge in [-0.2, -0.15) is 0 Å². The molecule has 0 unspecified atom stereocenters. The largest absolute Gasteiger partial charge is 0.467 e. The number of carbonyl (C=O) groups excluding carboxylic acids is 1. The number of hydrogen-bond donors (Lipinski definition) is 1. The molecule has 0 spiro atoms. The molecule has 1 amide bonds. The van der Waals surface area contributed by atoms with Crippen LogP contribution in [0.4, 0.5) is 5.69 Å². The van der Waals surface area contributed by atoms with E-state index in [4.69, 9.17) is 27.9 Å². The summed E-state index contributed by atoms with van der Waals surface area (Å²) in [7, 11) is 0. The summed E-state index contributed by atoms with van der Waals surface area (Å²) < 4.78 is 6.59. The molecule has 3 aromatic rings. The number of hydrogen-bond acceptors (Lipinski definition) is 4. The number of nitrogens with one attached hydrogen (secondary N) is 1. The van der Waals surface area contributed by atoms with Gasteiger partial charge in [-0.3, -0.25) is 4.79 Å². The second kappa shape index (κ2) is 7.50. The first-order valence-corrected chi connectivity index (χ1v) is 8.64. The zero-order valence-corrected chi connectivity index (χ0v) is 15.8. The van der Waals surface area contributed by atoms with Gasteiger partial charge in [0.25, 0.3) is 5.91 Å². The Balaban J connectivity index is 1.73. The number of ether oxygens (including phenoxy) is 1. The van der Waals surface area contributed by atoms with E-state index >= 15 is 0 Å². The van der Waals surface area contributed by atoms with Crippen molar-refractivity contribution in [2.75, 3.05) is 11.9 Å². The molecule has 0 fully saturated rings. The summed E-state index contributed by atoms with van der Waals surface area (Å²) in [5.41, 5.74) is 1.21. The molecule has 1 N–H and O–H groups in total. The predicted molar refractivity (Wildman–Crippen MR) is 103 cm³/mol. The van der Waals surface area contributed by atoms with E-state index in [1.807, 2.05) is 24.3 Å². The molecule has 0 saturated carbocycles. The molecule has 0 aliphatic heterocycles. The lowest BCUT2D eigenvalue weighted by molar-refractivity contribution is -0.118. The van der Waals surface area contributed by atoms with Gasteiger partial charge < -0.3 is 10.1 Å². The van der Waals surface area contributed by atoms with Crippen molar-refractivity contribution >= 4 is 68.3 Å². The Morgan fingerprint density at radius 1 is 1.17 bits per heavy atom. The summed E-state index contributed by atoms with van der Waals surface area (Å²) >= 11 is 14.3. The van der Waals surface area contributed by atoms with Gasteiger partial charge in [-0.1, -0.05) is 23.2 Å². The maximum atomic E-state index is 12.0. The maximum Gasteiger partial charge on any atom is 0.262 e. The summed E-state index contributed by atoms with van der Waals surface area (Å²) in [4.78, 5) is 20.2. The fourth-order valence-electron chi connectivity index (χ4n) is 2.05. The molecule has 5 nitrogen and oxygen atoms in total. The summed E-state index contributed by atoms with van der Waals surface area (Å²) in [5, 5.41) is 4.14. The Hall–Kier alpha value is -1.64. The SMILES string of the molecule is O=C(COc1ncnc2c(Cl)cc(Cl)cc12)Nc1ccc(I)cc1. The number of aromatic nitrogens is 2. The summed E-state index contributed by atoms with van der Waals surface area (Å²) in [5.74, 6) is -0.0433. The van der Waals surface area contributed by atoms with E-state index in [0.717, 1.165) is 3.57 Å². The molecule has 0 saturated heterocycles. The number of carbonyl (C=O) groups is 1. The van der Waals surface area contributed by atoms with Crippen LogP contribution in [0.25, 0.3) is 10.9 Å². The smallest absolute Gasteiger partial charge is 0.262 e. The van der Waals surface area contributed by atoms with Crippen molar-refractivity contribution in [2.24, 2.45) is 0 Å². The summed E-state index contributed by atoms with van der Waals surface area (Å²) in [6.45, 7) is -0.192. The Bertz CT molecular complexity index is 904. The lowest BCUT2D eigenvalue weighted by Gasteiger charge is -2.09. The van der Waals surface area contributed by atoms with Gasteiger partial charge in [0.1, 0.15) is 6.33 Å². The van der Waals surface area contributed by atoms with Gasteiger partial charge in [-0.25, -0.2) is 9.97 Å². The second-order valence-electron chi connectivity index (χ2n) is 4.81. The molecular weight excluding hydrogens is 464 g/mol. The Morgan fingerprint density at radius 2 is 1.92 bits per heavy atom. The fourth-order valence-corrected chi connectivity index (χ4v) is 2.95. The van der Waals surface area contributed by atoms with Crippen LogP contribution in [0.2, 0.25) is 10.0 Å². The van der Waals surface area contributed by atoms with Gasteiger partial charge >= 0.3 is 0 Å². The van der Waals surface area contributed by atoms with Gasteiger partial charge in [-0.15, -0.1) is 0 Å². The van der Waals surface area contributed by atoms with E-state index in [1.165, 1.54) is 6.33 Å². The Kier molecular flexibility index (Phi) is 5.37. The molecule has 3 rings (SSSR count). The third-order valence-corrected chi connectivity index (χ3v) is 4.31. The highest BCUT2D eigenvalue weighted by Crippen LogP contribution is 2.30. The van der Waals surface area contributed by atoms with Crippen molar-refractivity contribution < 1.29 is 9.53 Å². The molecule has 8 heteroatoms. The number of halogens is 3. The maximum absolute atomic E-state index is 12.0. The monoisotopic (exact) mass is 473 g/mol. The molecule has 0 atom stereocenters. The second-order valence-corrected chi connectivity index (χ2v) is 6.90. The predicted octanol–water partition coefficient (Wildman–Crippen LogP) is 4.56. The van der Waals surface area contributed by atoms with Gasteiger partial charge in [0.05, 0.1) is 15.9 Å². The van der Waals surface area contributed by atoms with E-state index in [2.05, 4.69) is 37.9 Å². The first kappa shape index (κ1) is 17.2. The van der Waals surface area contributed by atoms with Crippen LogP contribution in [0.15, 0.2) is 42.7 Å². The Labute approximate surface area is 161 Å². The van der Waals surface area contributed by atoms with Crippen molar-refractivity contribution in [3.8, 4) is 5.88 Å². The van der Waals surface area contributed by atoms with Crippen LogP contribution >= 0.6 is 45.8 Å². The Morgan fingerprint density at radius 3 is 2.67 bits per heavy atom. The van der Waals surface area contributed by atoms with E-state index in [1.54, 1.807) is 12.1 Å². The van der Waals surface area contributed by atoms with Crippen molar-refractivity contribution in [1.29, 1.82) is 0 Å². The first-order chi connectivity index (χ1) is 11.5. The van der Waals surface area contributed by atoms with Crippen LogP contribution in [0, 0.1) is 3.57 Å². The zero-order valence-electron chi connectivity index (χ0n) is 12.1. The number of amides is 1. The zero-order chi connectivity index (χ0) is 17.1. The molecule has 122 valence electrons. The highest BCUT2D eigenvalue weighted by molar-refractivity contribution is 14.1. The van der Waals surface area contributed by atoms with Crippen LogP contribution in [-0.4, -0.2) is 22.5 Å². The molecule has 0 aliphatic rings. The average Bonchev–Trinajstić information content (AvgIpc) is 2.55. The molecule has 0 bridgehead atoms. The van der Waals surface area contributed by atoms with Crippen LogP contribution in [0.3, 0.4) is 0 Å². The number of nitrogens with zero attached hydrogens (tertiary/aromatic N) is 2. The molecule has 2 aromatic carbocycles. The molecule has 24 heavy (non-hydrogen) atoms. The molecule has 1 aromatic heterocycles. The van der Waals surface area contributed by atoms with Gasteiger partial charge in [0.15, 0.2) is 6.61 Å². The van der Waals surface area contributed by atoms with E-state index in [9.17, 15) is 4.79 Å². The van der Waals surface area contributed by atoms with E-state index < -0.39 is 0 Å². The van der Waals surface area contributed by atoms with Crippen LogP contribution in [-0.2, 0) is 4.79 Å². The van der Waals surface area contributed by atoms with Crippen molar-refractivity contribution in [3.05, 3.63) is 56.3 Å². The normalized spacial score (nSPS) is 10.6. The van der Waals surface area contributed by atoms with Gasteiger partial charge in [-0.05, 0) is 59.0 Å². The average molecular weight is 474 g/mol. The molecular formula is C16H10Cl2IN3O2. The minimum atomic E-state index is -0.295. The van der Waals surface area contributed by atoms with E-state index in [-0.39, 0.29) is 18.4 Å². The molecule has 0 radical (unpaired) electrons. The van der Waals surface area contributed by atoms with E-state index in [0.29, 0.717) is 26.6 Å². The molecule has 1 heterocycles. The molecule has 0 aliphatic carbocycles.